The Morgan fingerprint density at radius 1 is 0.765 bits per heavy atom. The zero-order chi connectivity index (χ0) is 35.2. The highest BCUT2D eigenvalue weighted by Crippen LogP contribution is 2.54. The van der Waals surface area contributed by atoms with Crippen LogP contribution in [0.3, 0.4) is 0 Å². The lowest BCUT2D eigenvalue weighted by atomic mass is 9.78. The average molecular weight is 714 g/mol. The van der Waals surface area contributed by atoms with Gasteiger partial charge in [0.25, 0.3) is 0 Å². The van der Waals surface area contributed by atoms with Gasteiger partial charge in [0.15, 0.2) is 5.79 Å². The van der Waals surface area contributed by atoms with Gasteiger partial charge in [-0.2, -0.15) is 0 Å². The van der Waals surface area contributed by atoms with Crippen molar-refractivity contribution in [2.75, 3.05) is 6.54 Å². The van der Waals surface area contributed by atoms with Crippen molar-refractivity contribution in [3.8, 4) is 0 Å². The molecule has 0 aromatic rings. The molecule has 11 nitrogen and oxygen atoms in total. The van der Waals surface area contributed by atoms with E-state index in [0.717, 1.165) is 56.1 Å². The molecular formula is C40H59NO10. The second-order valence-corrected chi connectivity index (χ2v) is 17.6. The first kappa shape index (κ1) is 35.5. The fourth-order valence-electron chi connectivity index (χ4n) is 11.3. The highest BCUT2D eigenvalue weighted by Gasteiger charge is 2.68. The average Bonchev–Trinajstić information content (AvgIpc) is 3.77. The van der Waals surface area contributed by atoms with Crippen LogP contribution in [0.4, 0.5) is 0 Å². The van der Waals surface area contributed by atoms with Gasteiger partial charge in [-0.15, -0.1) is 0 Å². The molecular weight excluding hydrogens is 654 g/mol. The Hall–Kier alpha value is -1.25. The van der Waals surface area contributed by atoms with Gasteiger partial charge in [0.2, 0.25) is 0 Å². The first-order valence-electron chi connectivity index (χ1n) is 20.1. The molecule has 19 atom stereocenters. The second-order valence-electron chi connectivity index (χ2n) is 17.6. The molecule has 284 valence electrons. The fraction of sp³-hybridized carbons (Fsp3) is 0.875. The molecule has 10 heterocycles. The smallest absolute Gasteiger partial charge is 0.172 e. The number of hydrogen-bond acceptors (Lipinski definition) is 11. The van der Waals surface area contributed by atoms with Crippen LogP contribution in [0.2, 0.25) is 0 Å². The van der Waals surface area contributed by atoms with Crippen LogP contribution in [-0.4, -0.2) is 115 Å². The van der Waals surface area contributed by atoms with Crippen molar-refractivity contribution < 1.29 is 47.8 Å². The summed E-state index contributed by atoms with van der Waals surface area (Å²) in [5.41, 5.74) is 8.06. The number of fused-ring (bicyclic) bond motifs is 6. The topological polar surface area (TPSA) is 137 Å². The van der Waals surface area contributed by atoms with E-state index in [-0.39, 0.29) is 110 Å². The van der Waals surface area contributed by atoms with Crippen molar-refractivity contribution >= 4 is 5.78 Å². The number of hydrogen-bond donors (Lipinski definition) is 2. The molecule has 10 saturated heterocycles. The third-order valence-electron chi connectivity index (χ3n) is 14.2. The van der Waals surface area contributed by atoms with Crippen LogP contribution < -0.4 is 5.73 Å². The molecule has 0 aromatic heterocycles. The monoisotopic (exact) mass is 713 g/mol. The molecule has 51 heavy (non-hydrogen) atoms. The van der Waals surface area contributed by atoms with Crippen molar-refractivity contribution in [2.24, 2.45) is 23.5 Å². The summed E-state index contributed by atoms with van der Waals surface area (Å²) >= 11 is 0. The SMILES string of the molecule is C=C1C[C@@H]2CCC34C[C@@H]5O[C@H]6[C@@H](O3)C3OC(CCC3O[C@H]6C5O4)CC(=O)C[C@@H]3[C@@H](C)[C@@H](C[C@H](O)CN)O[C@H]3C[C@H]3OC(CC[C@@H]1O2)C[C@@H](C)C3=C. The Morgan fingerprint density at radius 2 is 1.51 bits per heavy atom. The molecule has 10 rings (SSSR count). The fourth-order valence-corrected chi connectivity index (χ4v) is 11.3. The minimum absolute atomic E-state index is 0.00127. The van der Waals surface area contributed by atoms with Crippen molar-refractivity contribution in [2.45, 2.75) is 195 Å². The molecule has 0 radical (unpaired) electrons. The van der Waals surface area contributed by atoms with Crippen LogP contribution in [-0.2, 0) is 42.7 Å². The Morgan fingerprint density at radius 3 is 2.35 bits per heavy atom. The largest absolute Gasteiger partial charge is 0.392 e. The number of ether oxygens (including phenoxy) is 8. The van der Waals surface area contributed by atoms with Gasteiger partial charge in [0.1, 0.15) is 36.3 Å². The van der Waals surface area contributed by atoms with Gasteiger partial charge in [-0.3, -0.25) is 4.79 Å². The van der Waals surface area contributed by atoms with E-state index in [1.54, 1.807) is 0 Å². The zero-order valence-electron chi connectivity index (χ0n) is 30.4. The number of rotatable bonds is 3. The number of ketones is 1. The van der Waals surface area contributed by atoms with Crippen LogP contribution in [0.15, 0.2) is 24.3 Å². The lowest BCUT2D eigenvalue weighted by molar-refractivity contribution is -0.292. The van der Waals surface area contributed by atoms with Crippen molar-refractivity contribution in [1.82, 2.24) is 0 Å². The first-order chi connectivity index (χ1) is 24.6. The lowest BCUT2D eigenvalue weighted by Gasteiger charge is -2.47. The van der Waals surface area contributed by atoms with Crippen molar-refractivity contribution in [3.05, 3.63) is 24.3 Å². The van der Waals surface area contributed by atoms with Gasteiger partial charge >= 0.3 is 0 Å². The number of Topliss-reactive ketones (excluding diaryl/α,β-unsaturated/α-hetero) is 1. The van der Waals surface area contributed by atoms with E-state index in [9.17, 15) is 9.90 Å². The van der Waals surface area contributed by atoms with Crippen molar-refractivity contribution in [3.63, 3.8) is 0 Å². The number of aliphatic hydroxyl groups excluding tert-OH is 1. The molecule has 11 heteroatoms. The summed E-state index contributed by atoms with van der Waals surface area (Å²) < 4.78 is 54.0. The summed E-state index contributed by atoms with van der Waals surface area (Å²) in [4.78, 5) is 14.0. The Labute approximate surface area is 302 Å². The minimum atomic E-state index is -0.765. The van der Waals surface area contributed by atoms with E-state index < -0.39 is 11.9 Å². The van der Waals surface area contributed by atoms with E-state index in [1.807, 2.05) is 0 Å². The van der Waals surface area contributed by atoms with Crippen LogP contribution in [0, 0.1) is 17.8 Å². The molecule has 10 fully saturated rings. The predicted octanol–water partition coefficient (Wildman–Crippen LogP) is 4.06. The number of nitrogens with two attached hydrogens (primary N) is 1. The molecule has 10 aliphatic heterocycles. The maximum Gasteiger partial charge on any atom is 0.172 e. The standard InChI is InChI=1S/C40H59NO10/c1-19-11-25-5-7-29-20(2)12-27(44-29)9-10-40-17-34-36(50-40)37-38(49-34)39(51-40)35-30(48-37)8-6-26(46-35)13-23(42)14-28-22(4)31(15-24(43)18-41)47-33(28)16-32(45-25)21(19)3/h19,22,24-39,43H,2-3,5-18,41H2,1,4H3/t19-,22-,24+,25?,26?,27+,28-,29+,30?,31-,32-,33+,34+,35?,36?,37+,38-,39+,40?/m1/s1. The molecule has 1 spiro atoms. The molecule has 3 N–H and O–H groups in total. The maximum atomic E-state index is 14.0. The molecule has 6 unspecified atom stereocenters. The highest BCUT2D eigenvalue weighted by atomic mass is 16.8. The zero-order valence-corrected chi connectivity index (χ0v) is 30.4. The predicted molar refractivity (Wildman–Crippen MR) is 185 cm³/mol. The van der Waals surface area contributed by atoms with Gasteiger partial charge in [-0.05, 0) is 73.8 Å². The van der Waals surface area contributed by atoms with Crippen LogP contribution >= 0.6 is 0 Å². The minimum Gasteiger partial charge on any atom is -0.392 e. The Kier molecular flexibility index (Phi) is 9.59. The first-order valence-corrected chi connectivity index (χ1v) is 20.1. The van der Waals surface area contributed by atoms with E-state index in [0.29, 0.717) is 44.4 Å². The van der Waals surface area contributed by atoms with Crippen LogP contribution in [0.25, 0.3) is 0 Å². The Balaban J connectivity index is 0.986. The van der Waals surface area contributed by atoms with E-state index >= 15 is 0 Å². The molecule has 10 aliphatic rings. The van der Waals surface area contributed by atoms with E-state index in [2.05, 4.69) is 27.0 Å². The quantitative estimate of drug-likeness (QED) is 0.410. The van der Waals surface area contributed by atoms with Gasteiger partial charge in [-0.25, -0.2) is 0 Å². The third kappa shape index (κ3) is 6.53. The maximum absolute atomic E-state index is 14.0. The molecule has 0 saturated carbocycles. The molecule has 0 amide bonds. The van der Waals surface area contributed by atoms with Crippen LogP contribution in [0.5, 0.6) is 0 Å². The molecule has 0 aliphatic carbocycles. The van der Waals surface area contributed by atoms with Gasteiger partial charge in [0, 0.05) is 45.1 Å². The van der Waals surface area contributed by atoms with Gasteiger partial charge in [-0.1, -0.05) is 27.0 Å². The van der Waals surface area contributed by atoms with Gasteiger partial charge < -0.3 is 48.7 Å². The summed E-state index contributed by atoms with van der Waals surface area (Å²) in [6.45, 7) is 13.5. The van der Waals surface area contributed by atoms with E-state index in [4.69, 9.17) is 43.6 Å². The highest BCUT2D eigenvalue weighted by molar-refractivity contribution is 5.79. The summed E-state index contributed by atoms with van der Waals surface area (Å²) in [7, 11) is 0. The lowest BCUT2D eigenvalue weighted by Crippen LogP contribution is -2.61. The molecule has 0 aromatic carbocycles. The summed E-state index contributed by atoms with van der Waals surface area (Å²) in [6, 6.07) is 0. The summed E-state index contributed by atoms with van der Waals surface area (Å²) in [5, 5.41) is 10.5. The Bertz CT molecular complexity index is 1360. The third-order valence-corrected chi connectivity index (χ3v) is 14.2. The van der Waals surface area contributed by atoms with Crippen molar-refractivity contribution in [1.29, 1.82) is 0 Å². The van der Waals surface area contributed by atoms with Gasteiger partial charge in [0.05, 0.1) is 61.0 Å². The summed E-state index contributed by atoms with van der Waals surface area (Å²) in [6.07, 6.45) is 6.43. The second kappa shape index (κ2) is 13.8. The normalized spacial score (nSPS) is 53.2. The van der Waals surface area contributed by atoms with Crippen LogP contribution in [0.1, 0.15) is 97.3 Å². The number of aliphatic hydroxyl groups is 1. The number of carbonyl (C=O) groups is 1. The molecule has 12 bridgehead atoms. The van der Waals surface area contributed by atoms with E-state index in [1.165, 1.54) is 0 Å². The number of carbonyl (C=O) groups excluding carboxylic acids is 1. The summed E-state index contributed by atoms with van der Waals surface area (Å²) in [5.74, 6) is -0.222.